The molecule has 1 aromatic heterocycles. The van der Waals surface area contributed by atoms with E-state index >= 15 is 0 Å². The second-order valence-corrected chi connectivity index (χ2v) is 7.51. The number of nitrogens with zero attached hydrogens (tertiary/aromatic N) is 4. The van der Waals surface area contributed by atoms with E-state index in [1.54, 1.807) is 37.3 Å². The maximum absolute atomic E-state index is 11.9. The summed E-state index contributed by atoms with van der Waals surface area (Å²) < 4.78 is 10.5. The third kappa shape index (κ3) is 5.60. The Morgan fingerprint density at radius 1 is 1.18 bits per heavy atom. The van der Waals surface area contributed by atoms with Gasteiger partial charge in [0.05, 0.1) is 20.4 Å². The van der Waals surface area contributed by atoms with Gasteiger partial charge in [0.1, 0.15) is 23.0 Å². The van der Waals surface area contributed by atoms with Gasteiger partial charge in [-0.1, -0.05) is 12.5 Å². The molecule has 0 saturated carbocycles. The molecule has 3 rings (SSSR count). The first kappa shape index (κ1) is 23.6. The van der Waals surface area contributed by atoms with E-state index in [0.717, 1.165) is 12.8 Å². The molecule has 0 unspecified atom stereocenters. The smallest absolute Gasteiger partial charge is 0.270 e. The number of benzene rings is 1. The van der Waals surface area contributed by atoms with Crippen LogP contribution in [0.3, 0.4) is 0 Å². The fraction of sp³-hybridized carbons (Fsp3) is 0.333. The van der Waals surface area contributed by atoms with Gasteiger partial charge in [0.15, 0.2) is 5.69 Å². The van der Waals surface area contributed by atoms with Crippen LogP contribution >= 0.6 is 0 Å². The van der Waals surface area contributed by atoms with Crippen molar-refractivity contribution in [2.24, 2.45) is 5.73 Å². The average Bonchev–Trinajstić information content (AvgIpc) is 2.85. The standard InChI is InChI=1S/C24H27N5O4/c1-5-22(30)29-10-8-17(9-11-29)28(2)21-15-26-23(24(25)31)20(27-21)7-6-16-12-18(32-3)14-19(13-16)33-4/h5,12-15,17H,1,8-11H2,2-4H3,(H2,25,31). The third-order valence-corrected chi connectivity index (χ3v) is 5.53. The number of hydrogen-bond acceptors (Lipinski definition) is 7. The van der Waals surface area contributed by atoms with Gasteiger partial charge in [-0.05, 0) is 37.0 Å². The van der Waals surface area contributed by atoms with E-state index in [0.29, 0.717) is 36.0 Å². The molecule has 2 amide bonds. The number of aromatic nitrogens is 2. The minimum absolute atomic E-state index is 0.000843. The van der Waals surface area contributed by atoms with E-state index in [1.165, 1.54) is 12.3 Å². The molecule has 1 saturated heterocycles. The molecule has 0 atom stereocenters. The highest BCUT2D eigenvalue weighted by Gasteiger charge is 2.25. The Kier molecular flexibility index (Phi) is 7.51. The zero-order chi connectivity index (χ0) is 24.0. The van der Waals surface area contributed by atoms with E-state index in [-0.39, 0.29) is 23.3 Å². The van der Waals surface area contributed by atoms with E-state index in [2.05, 4.69) is 28.4 Å². The summed E-state index contributed by atoms with van der Waals surface area (Å²) in [6, 6.07) is 5.40. The Labute approximate surface area is 193 Å². The SMILES string of the molecule is C=CC(=O)N1CCC(N(C)c2cnc(C(N)=O)c(C#Cc3cc(OC)cc(OC)c3)n2)CC1. The van der Waals surface area contributed by atoms with Crippen molar-refractivity contribution >= 4 is 17.6 Å². The third-order valence-electron chi connectivity index (χ3n) is 5.53. The lowest BCUT2D eigenvalue weighted by Gasteiger charge is -2.36. The number of piperidine rings is 1. The number of amides is 2. The molecule has 33 heavy (non-hydrogen) atoms. The monoisotopic (exact) mass is 449 g/mol. The predicted octanol–water partition coefficient (Wildman–Crippen LogP) is 1.61. The van der Waals surface area contributed by atoms with Gasteiger partial charge in [-0.25, -0.2) is 9.97 Å². The van der Waals surface area contributed by atoms with Gasteiger partial charge in [0.2, 0.25) is 5.91 Å². The molecule has 172 valence electrons. The van der Waals surface area contributed by atoms with Crippen molar-refractivity contribution in [2.45, 2.75) is 18.9 Å². The number of carbonyl (C=O) groups excluding carboxylic acids is 2. The molecule has 1 aliphatic heterocycles. The summed E-state index contributed by atoms with van der Waals surface area (Å²) >= 11 is 0. The molecule has 9 heteroatoms. The molecule has 1 aliphatic rings. The molecule has 0 spiro atoms. The number of primary amides is 1. The van der Waals surface area contributed by atoms with Gasteiger partial charge in [-0.15, -0.1) is 0 Å². The molecule has 2 aromatic rings. The summed E-state index contributed by atoms with van der Waals surface area (Å²) in [6.07, 6.45) is 4.40. The van der Waals surface area contributed by atoms with Crippen molar-refractivity contribution in [2.75, 3.05) is 39.3 Å². The van der Waals surface area contributed by atoms with Crippen LogP contribution in [0.15, 0.2) is 37.1 Å². The number of likely N-dealkylation sites (tertiary alicyclic amines) is 1. The summed E-state index contributed by atoms with van der Waals surface area (Å²) in [5, 5.41) is 0. The first-order valence-electron chi connectivity index (χ1n) is 10.4. The second kappa shape index (κ2) is 10.5. The molecule has 2 N–H and O–H groups in total. The van der Waals surface area contributed by atoms with E-state index in [1.807, 2.05) is 11.9 Å². The summed E-state index contributed by atoms with van der Waals surface area (Å²) in [4.78, 5) is 36.3. The van der Waals surface area contributed by atoms with E-state index in [9.17, 15) is 9.59 Å². The fourth-order valence-electron chi connectivity index (χ4n) is 3.62. The van der Waals surface area contributed by atoms with Gasteiger partial charge in [-0.2, -0.15) is 0 Å². The fourth-order valence-corrected chi connectivity index (χ4v) is 3.62. The minimum Gasteiger partial charge on any atom is -0.497 e. The number of methoxy groups -OCH3 is 2. The lowest BCUT2D eigenvalue weighted by Crippen LogP contribution is -2.45. The van der Waals surface area contributed by atoms with Gasteiger partial charge < -0.3 is 25.0 Å². The maximum Gasteiger partial charge on any atom is 0.270 e. The Hall–Kier alpha value is -4.06. The van der Waals surface area contributed by atoms with Gasteiger partial charge in [0.25, 0.3) is 5.91 Å². The van der Waals surface area contributed by atoms with Crippen LogP contribution in [0.1, 0.15) is 34.6 Å². The quantitative estimate of drug-likeness (QED) is 0.527. The molecule has 0 aliphatic carbocycles. The highest BCUT2D eigenvalue weighted by Crippen LogP contribution is 2.23. The summed E-state index contributed by atoms with van der Waals surface area (Å²) in [5.74, 6) is 6.88. The van der Waals surface area contributed by atoms with Crippen molar-refractivity contribution in [3.63, 3.8) is 0 Å². The van der Waals surface area contributed by atoms with Crippen LogP contribution in [0.2, 0.25) is 0 Å². The van der Waals surface area contributed by atoms with Crippen LogP contribution in [-0.4, -0.2) is 67.1 Å². The predicted molar refractivity (Wildman–Crippen MR) is 124 cm³/mol. The highest BCUT2D eigenvalue weighted by atomic mass is 16.5. The van der Waals surface area contributed by atoms with Gasteiger partial charge >= 0.3 is 0 Å². The highest BCUT2D eigenvalue weighted by molar-refractivity contribution is 5.93. The van der Waals surface area contributed by atoms with Crippen LogP contribution in [0.25, 0.3) is 0 Å². The molecule has 1 aromatic carbocycles. The Morgan fingerprint density at radius 3 is 2.36 bits per heavy atom. The zero-order valence-corrected chi connectivity index (χ0v) is 19.0. The molecule has 9 nitrogen and oxygen atoms in total. The zero-order valence-electron chi connectivity index (χ0n) is 19.0. The molecule has 2 heterocycles. The number of rotatable bonds is 6. The van der Waals surface area contributed by atoms with Gasteiger partial charge in [0, 0.05) is 37.8 Å². The average molecular weight is 450 g/mol. The van der Waals surface area contributed by atoms with Crippen molar-refractivity contribution in [3.8, 4) is 23.3 Å². The number of anilines is 1. The lowest BCUT2D eigenvalue weighted by molar-refractivity contribution is -0.127. The lowest BCUT2D eigenvalue weighted by atomic mass is 10.0. The Balaban J connectivity index is 1.87. The number of carbonyl (C=O) groups is 2. The molecule has 0 bridgehead atoms. The minimum atomic E-state index is -0.708. The molecule has 0 radical (unpaired) electrons. The Morgan fingerprint density at radius 2 is 1.82 bits per heavy atom. The first-order valence-corrected chi connectivity index (χ1v) is 10.4. The second-order valence-electron chi connectivity index (χ2n) is 7.51. The molecular weight excluding hydrogens is 422 g/mol. The van der Waals surface area contributed by atoms with E-state index < -0.39 is 5.91 Å². The van der Waals surface area contributed by atoms with Crippen LogP contribution in [0.5, 0.6) is 11.5 Å². The van der Waals surface area contributed by atoms with Crippen LogP contribution < -0.4 is 20.1 Å². The van der Waals surface area contributed by atoms with Crippen molar-refractivity contribution in [1.29, 1.82) is 0 Å². The number of nitrogens with two attached hydrogens (primary N) is 1. The topological polar surface area (TPSA) is 111 Å². The summed E-state index contributed by atoms with van der Waals surface area (Å²) in [7, 11) is 5.02. The summed E-state index contributed by atoms with van der Waals surface area (Å²) in [6.45, 7) is 4.82. The van der Waals surface area contributed by atoms with Crippen LogP contribution in [0, 0.1) is 11.8 Å². The summed E-state index contributed by atoms with van der Waals surface area (Å²) in [5.41, 5.74) is 6.31. The van der Waals surface area contributed by atoms with Crippen molar-refractivity contribution in [1.82, 2.24) is 14.9 Å². The normalized spacial score (nSPS) is 13.5. The first-order chi connectivity index (χ1) is 15.9. The van der Waals surface area contributed by atoms with Gasteiger partial charge in [-0.3, -0.25) is 9.59 Å². The van der Waals surface area contributed by atoms with E-state index in [4.69, 9.17) is 15.2 Å². The van der Waals surface area contributed by atoms with Crippen molar-refractivity contribution in [3.05, 3.63) is 54.0 Å². The molecular formula is C24H27N5O4. The molecule has 1 fully saturated rings. The largest absolute Gasteiger partial charge is 0.497 e. The Bertz CT molecular complexity index is 1090. The number of ether oxygens (including phenoxy) is 2. The maximum atomic E-state index is 11.9. The van der Waals surface area contributed by atoms with Crippen molar-refractivity contribution < 1.29 is 19.1 Å². The van der Waals surface area contributed by atoms with Crippen LogP contribution in [-0.2, 0) is 4.79 Å². The van der Waals surface area contributed by atoms with Crippen LogP contribution in [0.4, 0.5) is 5.82 Å². The number of hydrogen-bond donors (Lipinski definition) is 1.